The van der Waals surface area contributed by atoms with Gasteiger partial charge >= 0.3 is 0 Å². The van der Waals surface area contributed by atoms with E-state index < -0.39 is 22.3 Å². The number of halogens is 1. The molecule has 0 amide bonds. The quantitative estimate of drug-likeness (QED) is 0.605. The van der Waals surface area contributed by atoms with Crippen LogP contribution in [0.2, 0.25) is 0 Å². The van der Waals surface area contributed by atoms with E-state index in [0.29, 0.717) is 35.1 Å². The van der Waals surface area contributed by atoms with Gasteiger partial charge in [-0.15, -0.1) is 0 Å². The lowest BCUT2D eigenvalue weighted by Gasteiger charge is -2.34. The van der Waals surface area contributed by atoms with Crippen molar-refractivity contribution in [3.63, 3.8) is 0 Å². The fraction of sp³-hybridized carbons (Fsp3) is 0.435. The number of Topliss-reactive ketones (excluding diaryl/α,β-unsaturated/α-hetero) is 1. The molecule has 2 aliphatic heterocycles. The van der Waals surface area contributed by atoms with E-state index >= 15 is 4.39 Å². The van der Waals surface area contributed by atoms with Crippen molar-refractivity contribution >= 4 is 34.1 Å². The van der Waals surface area contributed by atoms with Crippen molar-refractivity contribution in [2.75, 3.05) is 25.1 Å². The number of carbonyl (C=O) groups is 1. The van der Waals surface area contributed by atoms with Crippen LogP contribution in [0.25, 0.3) is 10.9 Å². The van der Waals surface area contributed by atoms with Gasteiger partial charge in [0.25, 0.3) is 0 Å². The monoisotopic (exact) mass is 480 g/mol. The number of hydrogen-bond acceptors (Lipinski definition) is 8. The Kier molecular flexibility index (Phi) is 4.88. The summed E-state index contributed by atoms with van der Waals surface area (Å²) in [5.41, 5.74) is 0.287. The number of fused-ring (bicyclic) bond motifs is 2. The van der Waals surface area contributed by atoms with Gasteiger partial charge < -0.3 is 14.2 Å². The van der Waals surface area contributed by atoms with E-state index in [0.717, 1.165) is 43.3 Å². The summed E-state index contributed by atoms with van der Waals surface area (Å²) in [6.07, 6.45) is 4.79. The summed E-state index contributed by atoms with van der Waals surface area (Å²) in [5, 5.41) is 15.9. The molecule has 1 unspecified atom stereocenters. The maximum absolute atomic E-state index is 15.6. The number of nitrogens with zero attached hydrogens (tertiary/aromatic N) is 5. The average molecular weight is 481 g/mol. The van der Waals surface area contributed by atoms with Gasteiger partial charge in [-0.2, -0.15) is 10.4 Å². The molecule has 1 aliphatic carbocycles. The van der Waals surface area contributed by atoms with Crippen LogP contribution >= 0.6 is 11.8 Å². The van der Waals surface area contributed by atoms with Gasteiger partial charge in [0, 0.05) is 25.0 Å². The second-order valence-corrected chi connectivity index (χ2v) is 9.96. The number of carbonyl (C=O) groups excluding carboxylic acids is 1. The number of thioether (sulfide) groups is 1. The smallest absolute Gasteiger partial charge is 0.201 e. The number of nitrogens with one attached hydrogen (secondary N) is 1. The third-order valence-corrected chi connectivity index (χ3v) is 8.09. The summed E-state index contributed by atoms with van der Waals surface area (Å²) in [7, 11) is 1.48. The number of methoxy groups -OCH3 is 1. The zero-order valence-electron chi connectivity index (χ0n) is 18.4. The van der Waals surface area contributed by atoms with Crippen LogP contribution in [-0.4, -0.2) is 51.0 Å². The topological polar surface area (TPSA) is 117 Å². The zero-order valence-corrected chi connectivity index (χ0v) is 19.2. The fourth-order valence-corrected chi connectivity index (χ4v) is 6.31. The number of hydrogen-bond donors (Lipinski definition) is 1. The Morgan fingerprint density at radius 2 is 2.03 bits per heavy atom. The van der Waals surface area contributed by atoms with Crippen LogP contribution < -0.4 is 15.1 Å². The minimum absolute atomic E-state index is 0.00183. The van der Waals surface area contributed by atoms with Gasteiger partial charge in [-0.05, 0) is 31.7 Å². The highest BCUT2D eigenvalue weighted by molar-refractivity contribution is 8.01. The molecule has 0 spiro atoms. The Labute approximate surface area is 197 Å². The standard InChI is InChI=1S/C23H21FN6O3S/c1-33-21-17-13(19(31)16-20(32)15(9-25)34-23(16)30(17)12-2-3-12)8-14(24)18(21)29-6-4-11(5-7-29)22-26-10-27-28-22/h8,10-12,15H,2-7H2,1H3,(H,26,27,28). The molecule has 6 rings (SSSR count). The minimum atomic E-state index is -0.963. The minimum Gasteiger partial charge on any atom is -0.492 e. The Hall–Kier alpha value is -3.39. The molecule has 3 aliphatic rings. The summed E-state index contributed by atoms with van der Waals surface area (Å²) in [6.45, 7) is 1.18. The Morgan fingerprint density at radius 3 is 2.65 bits per heavy atom. The summed E-state index contributed by atoms with van der Waals surface area (Å²) >= 11 is 1.10. The van der Waals surface area contributed by atoms with E-state index in [-0.39, 0.29) is 22.9 Å². The van der Waals surface area contributed by atoms with Crippen LogP contribution in [0, 0.1) is 17.1 Å². The van der Waals surface area contributed by atoms with Crippen LogP contribution in [0.1, 0.15) is 53.8 Å². The Morgan fingerprint density at radius 1 is 1.26 bits per heavy atom. The van der Waals surface area contributed by atoms with Gasteiger partial charge in [-0.3, -0.25) is 14.7 Å². The van der Waals surface area contributed by atoms with Gasteiger partial charge in [0.2, 0.25) is 5.43 Å². The van der Waals surface area contributed by atoms with Gasteiger partial charge in [0.05, 0.1) is 34.7 Å². The summed E-state index contributed by atoms with van der Waals surface area (Å²) < 4.78 is 23.3. The first-order valence-electron chi connectivity index (χ1n) is 11.2. The normalized spacial score (nSPS) is 20.6. The number of anilines is 1. The lowest BCUT2D eigenvalue weighted by Crippen LogP contribution is -2.34. The van der Waals surface area contributed by atoms with Crippen molar-refractivity contribution < 1.29 is 13.9 Å². The largest absolute Gasteiger partial charge is 0.492 e. The number of aromatic amines is 1. The van der Waals surface area contributed by atoms with Crippen LogP contribution in [-0.2, 0) is 0 Å². The molecule has 11 heteroatoms. The number of pyridine rings is 1. The third-order valence-electron chi connectivity index (χ3n) is 6.91. The second-order valence-electron chi connectivity index (χ2n) is 8.87. The molecule has 1 aromatic carbocycles. The molecule has 3 aromatic rings. The highest BCUT2D eigenvalue weighted by atomic mass is 32.2. The maximum atomic E-state index is 15.6. The molecule has 2 aromatic heterocycles. The lowest BCUT2D eigenvalue weighted by molar-refractivity contribution is 0.100. The van der Waals surface area contributed by atoms with Crippen LogP contribution in [0.15, 0.2) is 22.2 Å². The van der Waals surface area contributed by atoms with Gasteiger partial charge in [0.1, 0.15) is 17.8 Å². The van der Waals surface area contributed by atoms with Crippen molar-refractivity contribution in [2.45, 2.75) is 47.9 Å². The number of benzene rings is 1. The molecule has 1 atom stereocenters. The Bertz CT molecular complexity index is 1420. The molecule has 1 N–H and O–H groups in total. The molecule has 9 nitrogen and oxygen atoms in total. The van der Waals surface area contributed by atoms with E-state index in [9.17, 15) is 14.9 Å². The van der Waals surface area contributed by atoms with Gasteiger partial charge in [0.15, 0.2) is 22.6 Å². The number of H-pyrrole nitrogens is 1. The van der Waals surface area contributed by atoms with Crippen LogP contribution in [0.3, 0.4) is 0 Å². The molecule has 1 saturated heterocycles. The van der Waals surface area contributed by atoms with E-state index in [1.807, 2.05) is 15.5 Å². The average Bonchev–Trinajstić information content (AvgIpc) is 3.41. The predicted octanol–water partition coefficient (Wildman–Crippen LogP) is 3.17. The fourth-order valence-electron chi connectivity index (χ4n) is 5.14. The van der Waals surface area contributed by atoms with E-state index in [1.54, 1.807) is 0 Å². The maximum Gasteiger partial charge on any atom is 0.201 e. The Balaban J connectivity index is 1.51. The first-order chi connectivity index (χ1) is 16.5. The molecule has 4 heterocycles. The van der Waals surface area contributed by atoms with Crippen LogP contribution in [0.5, 0.6) is 5.75 Å². The number of nitriles is 1. The first kappa shape index (κ1) is 21.2. The number of ether oxygens (including phenoxy) is 1. The van der Waals surface area contributed by atoms with Crippen molar-refractivity contribution in [2.24, 2.45) is 0 Å². The highest BCUT2D eigenvalue weighted by Gasteiger charge is 2.41. The molecular weight excluding hydrogens is 459 g/mol. The first-order valence-corrected chi connectivity index (χ1v) is 12.1. The van der Waals surface area contributed by atoms with Crippen LogP contribution in [0.4, 0.5) is 10.1 Å². The van der Waals surface area contributed by atoms with Gasteiger partial charge in [-0.25, -0.2) is 9.37 Å². The number of ketones is 1. The lowest BCUT2D eigenvalue weighted by atomic mass is 9.95. The predicted molar refractivity (Wildman–Crippen MR) is 123 cm³/mol. The van der Waals surface area contributed by atoms with E-state index in [1.165, 1.54) is 19.5 Å². The number of aromatic nitrogens is 4. The summed E-state index contributed by atoms with van der Waals surface area (Å²) in [5.74, 6) is 0.288. The molecule has 174 valence electrons. The van der Waals surface area contributed by atoms with Crippen molar-refractivity contribution in [1.82, 2.24) is 19.7 Å². The van der Waals surface area contributed by atoms with Crippen molar-refractivity contribution in [1.29, 1.82) is 5.26 Å². The molecule has 1 saturated carbocycles. The molecule has 34 heavy (non-hydrogen) atoms. The van der Waals surface area contributed by atoms with Gasteiger partial charge in [-0.1, -0.05) is 11.8 Å². The number of piperidine rings is 1. The summed E-state index contributed by atoms with van der Waals surface area (Å²) in [6, 6.07) is 3.30. The SMILES string of the molecule is COc1c(N2CCC(c3ncn[nH]3)CC2)c(F)cc2c(=O)c3c(n(C4CC4)c12)SC(C#N)C3=O. The van der Waals surface area contributed by atoms with Crippen molar-refractivity contribution in [3.8, 4) is 11.8 Å². The van der Waals surface area contributed by atoms with E-state index in [2.05, 4.69) is 15.2 Å². The third kappa shape index (κ3) is 3.05. The number of rotatable bonds is 4. The molecular formula is C23H21FN6O3S. The molecule has 0 radical (unpaired) electrons. The van der Waals surface area contributed by atoms with Crippen molar-refractivity contribution in [3.05, 3.63) is 39.8 Å². The highest BCUT2D eigenvalue weighted by Crippen LogP contribution is 2.49. The molecule has 2 fully saturated rings. The summed E-state index contributed by atoms with van der Waals surface area (Å²) in [4.78, 5) is 32.3. The molecule has 0 bridgehead atoms. The zero-order chi connectivity index (χ0) is 23.6. The second kappa shape index (κ2) is 7.84. The van der Waals surface area contributed by atoms with E-state index in [4.69, 9.17) is 4.74 Å².